The number of fused-ring (bicyclic) bond motifs is 1. The maximum absolute atomic E-state index is 9.05. The van der Waals surface area contributed by atoms with Crippen molar-refractivity contribution in [2.45, 2.75) is 51.4 Å². The van der Waals surface area contributed by atoms with E-state index >= 15 is 0 Å². The Labute approximate surface area is 144 Å². The SMILES string of the molecule is OCCc1ccc(Cc2cc(C3=CCCC3)nc3c2CCC3)cc1. The number of benzene rings is 1. The van der Waals surface area contributed by atoms with E-state index in [0.717, 1.165) is 19.3 Å². The molecule has 0 fully saturated rings. The van der Waals surface area contributed by atoms with Gasteiger partial charge in [-0.2, -0.15) is 0 Å². The quantitative estimate of drug-likeness (QED) is 0.893. The molecular weight excluding hydrogens is 294 g/mol. The monoisotopic (exact) mass is 319 g/mol. The summed E-state index contributed by atoms with van der Waals surface area (Å²) in [6, 6.07) is 11.1. The molecule has 0 saturated heterocycles. The van der Waals surface area contributed by atoms with Gasteiger partial charge >= 0.3 is 0 Å². The molecule has 0 bridgehead atoms. The van der Waals surface area contributed by atoms with Gasteiger partial charge in [0.1, 0.15) is 0 Å². The van der Waals surface area contributed by atoms with Gasteiger partial charge in [-0.3, -0.25) is 4.98 Å². The van der Waals surface area contributed by atoms with Crippen molar-refractivity contribution in [2.24, 2.45) is 0 Å². The first-order valence-electron chi connectivity index (χ1n) is 9.23. The molecule has 2 heteroatoms. The number of nitrogens with zero attached hydrogens (tertiary/aromatic N) is 1. The van der Waals surface area contributed by atoms with Gasteiger partial charge in [0.15, 0.2) is 0 Å². The Morgan fingerprint density at radius 1 is 0.958 bits per heavy atom. The Hall–Kier alpha value is -1.93. The minimum absolute atomic E-state index is 0.218. The summed E-state index contributed by atoms with van der Waals surface area (Å²) in [6.07, 6.45) is 11.3. The van der Waals surface area contributed by atoms with Crippen LogP contribution in [0.5, 0.6) is 0 Å². The van der Waals surface area contributed by atoms with Crippen molar-refractivity contribution in [1.82, 2.24) is 4.98 Å². The van der Waals surface area contributed by atoms with Crippen LogP contribution in [0.15, 0.2) is 36.4 Å². The fraction of sp³-hybridized carbons (Fsp3) is 0.409. The van der Waals surface area contributed by atoms with Gasteiger partial charge in [0.05, 0.1) is 5.69 Å². The summed E-state index contributed by atoms with van der Waals surface area (Å²) >= 11 is 0. The van der Waals surface area contributed by atoms with Crippen LogP contribution in [0.4, 0.5) is 0 Å². The third-order valence-electron chi connectivity index (χ3n) is 5.33. The first-order chi connectivity index (χ1) is 11.8. The highest BCUT2D eigenvalue weighted by Gasteiger charge is 2.20. The summed E-state index contributed by atoms with van der Waals surface area (Å²) in [7, 11) is 0. The van der Waals surface area contributed by atoms with Crippen LogP contribution < -0.4 is 0 Å². The van der Waals surface area contributed by atoms with Gasteiger partial charge in [0, 0.05) is 12.3 Å². The molecule has 2 aliphatic rings. The summed E-state index contributed by atoms with van der Waals surface area (Å²) < 4.78 is 0. The van der Waals surface area contributed by atoms with Gasteiger partial charge in [-0.1, -0.05) is 30.3 Å². The van der Waals surface area contributed by atoms with E-state index in [4.69, 9.17) is 10.1 Å². The Morgan fingerprint density at radius 2 is 1.79 bits per heavy atom. The Morgan fingerprint density at radius 3 is 2.54 bits per heavy atom. The van der Waals surface area contributed by atoms with Crippen LogP contribution in [0.2, 0.25) is 0 Å². The Bertz CT molecular complexity index is 758. The van der Waals surface area contributed by atoms with Crippen LogP contribution in [-0.2, 0) is 25.7 Å². The molecule has 1 aromatic carbocycles. The molecule has 2 nitrogen and oxygen atoms in total. The number of aromatic nitrogens is 1. The molecule has 0 spiro atoms. The van der Waals surface area contributed by atoms with Crippen LogP contribution in [0, 0.1) is 0 Å². The number of hydrogen-bond acceptors (Lipinski definition) is 2. The molecule has 24 heavy (non-hydrogen) atoms. The van der Waals surface area contributed by atoms with Gasteiger partial charge in [-0.25, -0.2) is 0 Å². The van der Waals surface area contributed by atoms with Gasteiger partial charge in [-0.15, -0.1) is 0 Å². The molecule has 0 unspecified atom stereocenters. The number of allylic oxidation sites excluding steroid dienone is 2. The molecule has 1 heterocycles. The number of hydrogen-bond donors (Lipinski definition) is 1. The second kappa shape index (κ2) is 6.90. The molecule has 1 aromatic heterocycles. The van der Waals surface area contributed by atoms with Gasteiger partial charge in [0.25, 0.3) is 0 Å². The number of aryl methyl sites for hydroxylation is 1. The first kappa shape index (κ1) is 15.6. The molecule has 0 radical (unpaired) electrons. The third kappa shape index (κ3) is 3.16. The molecule has 1 N–H and O–H groups in total. The molecule has 124 valence electrons. The lowest BCUT2D eigenvalue weighted by Gasteiger charge is -2.12. The number of rotatable bonds is 5. The largest absolute Gasteiger partial charge is 0.396 e. The lowest BCUT2D eigenvalue weighted by atomic mass is 9.96. The highest BCUT2D eigenvalue weighted by molar-refractivity contribution is 5.66. The minimum atomic E-state index is 0.218. The van der Waals surface area contributed by atoms with E-state index in [1.807, 2.05) is 0 Å². The summed E-state index contributed by atoms with van der Waals surface area (Å²) in [5, 5.41) is 9.05. The van der Waals surface area contributed by atoms with Gasteiger partial charge in [-0.05, 0) is 85.3 Å². The summed E-state index contributed by atoms with van der Waals surface area (Å²) in [5.41, 5.74) is 9.53. The fourth-order valence-corrected chi connectivity index (χ4v) is 4.03. The first-order valence-corrected chi connectivity index (χ1v) is 9.23. The number of pyridine rings is 1. The molecule has 0 saturated carbocycles. The Kier molecular flexibility index (Phi) is 4.48. The molecule has 0 aliphatic heterocycles. The molecule has 0 atom stereocenters. The fourth-order valence-electron chi connectivity index (χ4n) is 4.03. The van der Waals surface area contributed by atoms with E-state index in [-0.39, 0.29) is 6.61 Å². The van der Waals surface area contributed by atoms with Crippen LogP contribution in [0.3, 0.4) is 0 Å². The van der Waals surface area contributed by atoms with E-state index in [1.54, 1.807) is 0 Å². The minimum Gasteiger partial charge on any atom is -0.396 e. The van der Waals surface area contributed by atoms with Crippen LogP contribution in [0.25, 0.3) is 5.57 Å². The van der Waals surface area contributed by atoms with Gasteiger partial charge in [0.2, 0.25) is 0 Å². The molecule has 4 rings (SSSR count). The lowest BCUT2D eigenvalue weighted by molar-refractivity contribution is 0.299. The normalized spacial score (nSPS) is 16.3. The van der Waals surface area contributed by atoms with Crippen molar-refractivity contribution in [2.75, 3.05) is 6.61 Å². The molecule has 0 amide bonds. The highest BCUT2D eigenvalue weighted by atomic mass is 16.2. The van der Waals surface area contributed by atoms with Crippen molar-refractivity contribution in [3.05, 3.63) is 70.0 Å². The van der Waals surface area contributed by atoms with E-state index in [2.05, 4.69) is 36.4 Å². The van der Waals surface area contributed by atoms with Crippen molar-refractivity contribution in [1.29, 1.82) is 0 Å². The zero-order valence-electron chi connectivity index (χ0n) is 14.2. The zero-order chi connectivity index (χ0) is 16.4. The van der Waals surface area contributed by atoms with Crippen molar-refractivity contribution < 1.29 is 5.11 Å². The van der Waals surface area contributed by atoms with E-state index in [9.17, 15) is 0 Å². The second-order valence-electron chi connectivity index (χ2n) is 7.03. The predicted octanol–water partition coefficient (Wildman–Crippen LogP) is 4.26. The Balaban J connectivity index is 1.64. The van der Waals surface area contributed by atoms with Crippen LogP contribution >= 0.6 is 0 Å². The topological polar surface area (TPSA) is 33.1 Å². The maximum Gasteiger partial charge on any atom is 0.0664 e. The van der Waals surface area contributed by atoms with Crippen molar-refractivity contribution in [3.8, 4) is 0 Å². The lowest BCUT2D eigenvalue weighted by Crippen LogP contribution is -2.02. The second-order valence-corrected chi connectivity index (χ2v) is 7.03. The molecule has 2 aliphatic carbocycles. The standard InChI is InChI=1S/C22H25NO/c24-13-12-16-8-10-17(11-9-16)14-19-15-22(18-4-1-2-5-18)23-21-7-3-6-20(19)21/h4,8-11,15,24H,1-3,5-7,12-14H2. The highest BCUT2D eigenvalue weighted by Crippen LogP contribution is 2.32. The summed E-state index contributed by atoms with van der Waals surface area (Å²) in [6.45, 7) is 0.218. The smallest absolute Gasteiger partial charge is 0.0664 e. The maximum atomic E-state index is 9.05. The molecule has 2 aromatic rings. The van der Waals surface area contributed by atoms with Gasteiger partial charge < -0.3 is 5.11 Å². The van der Waals surface area contributed by atoms with E-state index in [0.29, 0.717) is 0 Å². The number of aliphatic hydroxyl groups excluding tert-OH is 1. The summed E-state index contributed by atoms with van der Waals surface area (Å²) in [5.74, 6) is 0. The van der Waals surface area contributed by atoms with Crippen LogP contribution in [0.1, 0.15) is 59.3 Å². The van der Waals surface area contributed by atoms with Crippen molar-refractivity contribution >= 4 is 5.57 Å². The number of aliphatic hydroxyl groups is 1. The van der Waals surface area contributed by atoms with E-state index in [1.165, 1.54) is 71.3 Å². The average molecular weight is 319 g/mol. The third-order valence-corrected chi connectivity index (χ3v) is 5.33. The zero-order valence-corrected chi connectivity index (χ0v) is 14.2. The van der Waals surface area contributed by atoms with E-state index < -0.39 is 0 Å². The molecular formula is C22H25NO. The summed E-state index contributed by atoms with van der Waals surface area (Å²) in [4.78, 5) is 4.98. The van der Waals surface area contributed by atoms with Crippen molar-refractivity contribution in [3.63, 3.8) is 0 Å². The van der Waals surface area contributed by atoms with Crippen LogP contribution in [-0.4, -0.2) is 16.7 Å². The average Bonchev–Trinajstić information content (AvgIpc) is 3.28. The predicted molar refractivity (Wildman–Crippen MR) is 98.1 cm³/mol.